The number of aromatic nitrogens is 3. The SMILES string of the molecule is O=C(O)CCn1c(-c2cccc(Cl)c2)nc2cccnc21. The van der Waals surface area contributed by atoms with Crippen molar-refractivity contribution in [3.8, 4) is 11.4 Å². The highest BCUT2D eigenvalue weighted by Crippen LogP contribution is 2.25. The van der Waals surface area contributed by atoms with Crippen LogP contribution in [0.5, 0.6) is 0 Å². The fraction of sp³-hybridized carbons (Fsp3) is 0.133. The molecule has 0 fully saturated rings. The number of nitrogens with zero attached hydrogens (tertiary/aromatic N) is 3. The van der Waals surface area contributed by atoms with Gasteiger partial charge in [-0.2, -0.15) is 0 Å². The second-order valence-corrected chi connectivity index (χ2v) is 5.02. The first-order valence-corrected chi connectivity index (χ1v) is 6.82. The van der Waals surface area contributed by atoms with Crippen molar-refractivity contribution in [3.63, 3.8) is 0 Å². The lowest BCUT2D eigenvalue weighted by molar-refractivity contribution is -0.137. The van der Waals surface area contributed by atoms with Crippen molar-refractivity contribution < 1.29 is 9.90 Å². The Morgan fingerprint density at radius 2 is 2.14 bits per heavy atom. The molecule has 0 aliphatic carbocycles. The fourth-order valence-electron chi connectivity index (χ4n) is 2.23. The van der Waals surface area contributed by atoms with E-state index >= 15 is 0 Å². The van der Waals surface area contributed by atoms with Crippen molar-refractivity contribution in [3.05, 3.63) is 47.6 Å². The molecule has 3 rings (SSSR count). The summed E-state index contributed by atoms with van der Waals surface area (Å²) >= 11 is 6.03. The summed E-state index contributed by atoms with van der Waals surface area (Å²) in [7, 11) is 0. The lowest BCUT2D eigenvalue weighted by Crippen LogP contribution is -2.06. The standard InChI is InChI=1S/C15H12ClN3O2/c16-11-4-1-3-10(9-11)14-18-12-5-2-7-17-15(12)19(14)8-6-13(20)21/h1-5,7,9H,6,8H2,(H,20,21). The summed E-state index contributed by atoms with van der Waals surface area (Å²) in [4.78, 5) is 19.7. The van der Waals surface area contributed by atoms with Gasteiger partial charge in [-0.25, -0.2) is 9.97 Å². The van der Waals surface area contributed by atoms with Crippen LogP contribution < -0.4 is 0 Å². The van der Waals surface area contributed by atoms with E-state index < -0.39 is 5.97 Å². The molecule has 2 aromatic heterocycles. The number of halogens is 1. The Hall–Kier alpha value is -2.40. The topological polar surface area (TPSA) is 68.0 Å². The molecule has 0 aliphatic heterocycles. The molecule has 0 amide bonds. The molecule has 21 heavy (non-hydrogen) atoms. The third-order valence-corrected chi connectivity index (χ3v) is 3.37. The number of aliphatic carboxylic acids is 1. The predicted octanol–water partition coefficient (Wildman–Crippen LogP) is 3.23. The van der Waals surface area contributed by atoms with Crippen LogP contribution in [0.4, 0.5) is 0 Å². The lowest BCUT2D eigenvalue weighted by Gasteiger charge is -2.07. The number of hydrogen-bond acceptors (Lipinski definition) is 3. The molecule has 5 nitrogen and oxygen atoms in total. The van der Waals surface area contributed by atoms with Crippen LogP contribution in [0.15, 0.2) is 42.6 Å². The Labute approximate surface area is 125 Å². The lowest BCUT2D eigenvalue weighted by atomic mass is 10.2. The smallest absolute Gasteiger partial charge is 0.305 e. The zero-order valence-electron chi connectivity index (χ0n) is 11.0. The average Bonchev–Trinajstić information content (AvgIpc) is 2.84. The first kappa shape index (κ1) is 13.6. The molecule has 0 saturated carbocycles. The van der Waals surface area contributed by atoms with Crippen molar-refractivity contribution in [1.82, 2.24) is 14.5 Å². The van der Waals surface area contributed by atoms with Crippen LogP contribution >= 0.6 is 11.6 Å². The predicted molar refractivity (Wildman–Crippen MR) is 80.2 cm³/mol. The van der Waals surface area contributed by atoms with Gasteiger partial charge in [0.1, 0.15) is 11.3 Å². The van der Waals surface area contributed by atoms with E-state index in [2.05, 4.69) is 9.97 Å². The molecule has 0 atom stereocenters. The van der Waals surface area contributed by atoms with Crippen LogP contribution in [0.3, 0.4) is 0 Å². The van der Waals surface area contributed by atoms with Gasteiger partial charge >= 0.3 is 5.97 Å². The molecule has 1 N–H and O–H groups in total. The second kappa shape index (κ2) is 5.54. The minimum Gasteiger partial charge on any atom is -0.481 e. The molecule has 0 radical (unpaired) electrons. The van der Waals surface area contributed by atoms with E-state index in [0.29, 0.717) is 23.0 Å². The molecule has 3 aromatic rings. The fourth-order valence-corrected chi connectivity index (χ4v) is 2.42. The van der Waals surface area contributed by atoms with Crippen LogP contribution in [0.1, 0.15) is 6.42 Å². The minimum atomic E-state index is -0.857. The monoisotopic (exact) mass is 301 g/mol. The Kier molecular flexibility index (Phi) is 3.58. The van der Waals surface area contributed by atoms with Gasteiger partial charge in [-0.1, -0.05) is 23.7 Å². The first-order valence-electron chi connectivity index (χ1n) is 6.44. The maximum absolute atomic E-state index is 10.9. The van der Waals surface area contributed by atoms with Gasteiger partial charge in [0, 0.05) is 23.3 Å². The molecule has 0 spiro atoms. The van der Waals surface area contributed by atoms with Crippen LogP contribution in [0.2, 0.25) is 5.02 Å². The molecular formula is C15H12ClN3O2. The van der Waals surface area contributed by atoms with E-state index in [1.807, 2.05) is 22.8 Å². The highest BCUT2D eigenvalue weighted by atomic mass is 35.5. The molecule has 6 heteroatoms. The molecule has 0 aliphatic rings. The molecule has 0 bridgehead atoms. The quantitative estimate of drug-likeness (QED) is 0.803. The minimum absolute atomic E-state index is 0.00952. The average molecular weight is 302 g/mol. The third kappa shape index (κ3) is 2.73. The highest BCUT2D eigenvalue weighted by Gasteiger charge is 2.14. The zero-order valence-corrected chi connectivity index (χ0v) is 11.8. The summed E-state index contributed by atoms with van der Waals surface area (Å²) in [6, 6.07) is 11.0. The van der Waals surface area contributed by atoms with Crippen molar-refractivity contribution >= 4 is 28.7 Å². The number of aryl methyl sites for hydroxylation is 1. The van der Waals surface area contributed by atoms with Crippen molar-refractivity contribution in [2.24, 2.45) is 0 Å². The van der Waals surface area contributed by atoms with Crippen LogP contribution in [-0.2, 0) is 11.3 Å². The maximum atomic E-state index is 10.9. The van der Waals surface area contributed by atoms with Gasteiger partial charge in [-0.05, 0) is 24.3 Å². The number of carboxylic acid groups (broad SMARTS) is 1. The summed E-state index contributed by atoms with van der Waals surface area (Å²) in [5.41, 5.74) is 2.25. The number of carbonyl (C=O) groups is 1. The second-order valence-electron chi connectivity index (χ2n) is 4.59. The van der Waals surface area contributed by atoms with Gasteiger partial charge in [0.2, 0.25) is 0 Å². The Morgan fingerprint density at radius 3 is 2.90 bits per heavy atom. The highest BCUT2D eigenvalue weighted by molar-refractivity contribution is 6.30. The number of rotatable bonds is 4. The summed E-state index contributed by atoms with van der Waals surface area (Å²) in [5, 5.41) is 9.52. The van der Waals surface area contributed by atoms with E-state index in [1.165, 1.54) is 0 Å². The van der Waals surface area contributed by atoms with Crippen molar-refractivity contribution in [1.29, 1.82) is 0 Å². The van der Waals surface area contributed by atoms with Gasteiger partial charge in [-0.15, -0.1) is 0 Å². The third-order valence-electron chi connectivity index (χ3n) is 3.14. The van der Waals surface area contributed by atoms with Gasteiger partial charge in [0.15, 0.2) is 5.65 Å². The summed E-state index contributed by atoms with van der Waals surface area (Å²) in [5.74, 6) is -0.183. The molecule has 0 saturated heterocycles. The zero-order chi connectivity index (χ0) is 14.8. The number of benzene rings is 1. The van der Waals surface area contributed by atoms with Gasteiger partial charge in [0.25, 0.3) is 0 Å². The van der Waals surface area contributed by atoms with Gasteiger partial charge < -0.3 is 9.67 Å². The molecule has 2 heterocycles. The van der Waals surface area contributed by atoms with Crippen molar-refractivity contribution in [2.75, 3.05) is 0 Å². The number of carboxylic acids is 1. The molecule has 106 valence electrons. The number of pyridine rings is 1. The normalized spacial score (nSPS) is 10.9. The van der Waals surface area contributed by atoms with Gasteiger partial charge in [-0.3, -0.25) is 4.79 Å². The van der Waals surface area contributed by atoms with E-state index in [9.17, 15) is 4.79 Å². The Morgan fingerprint density at radius 1 is 1.29 bits per heavy atom. The maximum Gasteiger partial charge on any atom is 0.305 e. The van der Waals surface area contributed by atoms with E-state index in [-0.39, 0.29) is 6.42 Å². The van der Waals surface area contributed by atoms with E-state index in [4.69, 9.17) is 16.7 Å². The van der Waals surface area contributed by atoms with Crippen LogP contribution in [0.25, 0.3) is 22.6 Å². The molecule has 1 aromatic carbocycles. The molecular weight excluding hydrogens is 290 g/mol. The van der Waals surface area contributed by atoms with Gasteiger partial charge in [0.05, 0.1) is 6.42 Å². The Balaban J connectivity index is 2.16. The first-order chi connectivity index (χ1) is 10.1. The Bertz CT molecular complexity index is 814. The van der Waals surface area contributed by atoms with E-state index in [0.717, 1.165) is 11.1 Å². The van der Waals surface area contributed by atoms with Crippen LogP contribution in [-0.4, -0.2) is 25.6 Å². The summed E-state index contributed by atoms with van der Waals surface area (Å²) < 4.78 is 1.81. The molecule has 0 unspecified atom stereocenters. The number of imidazole rings is 1. The summed E-state index contributed by atoms with van der Waals surface area (Å²) in [6.45, 7) is 0.310. The number of fused-ring (bicyclic) bond motifs is 1. The summed E-state index contributed by atoms with van der Waals surface area (Å²) in [6.07, 6.45) is 1.68. The largest absolute Gasteiger partial charge is 0.481 e. The number of hydrogen-bond donors (Lipinski definition) is 1. The van der Waals surface area contributed by atoms with Crippen molar-refractivity contribution in [2.45, 2.75) is 13.0 Å². The van der Waals surface area contributed by atoms with Crippen LogP contribution in [0, 0.1) is 0 Å². The van der Waals surface area contributed by atoms with E-state index in [1.54, 1.807) is 24.4 Å².